The highest BCUT2D eigenvalue weighted by Crippen LogP contribution is 2.55. The van der Waals surface area contributed by atoms with E-state index in [9.17, 15) is 4.79 Å². The summed E-state index contributed by atoms with van der Waals surface area (Å²) in [6, 6.07) is 21.0. The number of benzene rings is 3. The fourth-order valence-corrected chi connectivity index (χ4v) is 7.84. The molecule has 0 saturated carbocycles. The van der Waals surface area contributed by atoms with E-state index in [4.69, 9.17) is 24.0 Å². The Morgan fingerprint density at radius 1 is 1.00 bits per heavy atom. The van der Waals surface area contributed by atoms with E-state index in [1.165, 1.54) is 5.56 Å². The molecule has 1 saturated heterocycles. The highest BCUT2D eigenvalue weighted by Gasteiger charge is 2.55. The Hall–Kier alpha value is -3.92. The van der Waals surface area contributed by atoms with Gasteiger partial charge in [-0.1, -0.05) is 54.6 Å². The summed E-state index contributed by atoms with van der Waals surface area (Å²) in [7, 11) is 2.01. The van der Waals surface area contributed by atoms with Gasteiger partial charge in [-0.15, -0.1) is 0 Å². The number of carbonyl (C=O) groups excluding carboxylic acids is 1. The first-order valence-electron chi connectivity index (χ1n) is 17.1. The molecule has 2 unspecified atom stereocenters. The van der Waals surface area contributed by atoms with Crippen molar-refractivity contribution in [2.45, 2.75) is 57.7 Å². The zero-order valence-electron chi connectivity index (χ0n) is 27.9. The molecule has 0 radical (unpaired) electrons. The number of hydrogen-bond donors (Lipinski definition) is 0. The molecular formula is C38H46N4O5. The van der Waals surface area contributed by atoms with E-state index in [0.717, 1.165) is 96.8 Å². The molecule has 3 aliphatic rings. The summed E-state index contributed by atoms with van der Waals surface area (Å²) >= 11 is 0. The first-order chi connectivity index (χ1) is 23.0. The van der Waals surface area contributed by atoms with E-state index in [2.05, 4.69) is 53.1 Å². The molecule has 0 N–H and O–H groups in total. The lowest BCUT2D eigenvalue weighted by atomic mass is 9.80. The van der Waals surface area contributed by atoms with Gasteiger partial charge in [0.2, 0.25) is 0 Å². The average Bonchev–Trinajstić information content (AvgIpc) is 3.53. The molecule has 1 aromatic heterocycles. The molecule has 47 heavy (non-hydrogen) atoms. The predicted octanol–water partition coefficient (Wildman–Crippen LogP) is 6.08. The number of fused-ring (bicyclic) bond motifs is 3. The minimum atomic E-state index is -0.875. The Kier molecular flexibility index (Phi) is 9.21. The highest BCUT2D eigenvalue weighted by atomic mass is 16.5. The van der Waals surface area contributed by atoms with Crippen molar-refractivity contribution in [3.8, 4) is 16.9 Å². The topological polar surface area (TPSA) is 78.3 Å². The summed E-state index contributed by atoms with van der Waals surface area (Å²) in [6.07, 6.45) is 2.38. The first-order valence-corrected chi connectivity index (χ1v) is 17.1. The molecule has 0 aliphatic carbocycles. The first kappa shape index (κ1) is 31.7. The van der Waals surface area contributed by atoms with Crippen LogP contribution in [-0.4, -0.2) is 78.9 Å². The molecule has 2 atom stereocenters. The van der Waals surface area contributed by atoms with E-state index in [-0.39, 0.29) is 11.9 Å². The van der Waals surface area contributed by atoms with Crippen LogP contribution in [0, 0.1) is 0 Å². The standard InChI is InChI=1S/C38H46N4O5/c1-4-46-37(43)38(2)31(16-9-22-47-34-17-7-12-27-11-5-6-13-28(27)34)29-14-8-15-30-35-32(25-41-19-23-44-24-20-41)39-40(3)33(35)26-45-21-10-18-42(38)36(29)30/h5-8,11-15,17,31H,4,9-10,16,18-26H2,1-3H3. The Labute approximate surface area is 277 Å². The van der Waals surface area contributed by atoms with Crippen LogP contribution in [0.4, 0.5) is 5.69 Å². The van der Waals surface area contributed by atoms with E-state index in [0.29, 0.717) is 33.0 Å². The Morgan fingerprint density at radius 3 is 2.66 bits per heavy atom. The fraction of sp³-hybridized carbons (Fsp3) is 0.474. The van der Waals surface area contributed by atoms with Gasteiger partial charge in [-0.2, -0.15) is 5.10 Å². The fourth-order valence-electron chi connectivity index (χ4n) is 7.84. The number of aryl methyl sites for hydroxylation is 1. The maximum absolute atomic E-state index is 14.1. The van der Waals surface area contributed by atoms with Gasteiger partial charge in [0, 0.05) is 68.0 Å². The second-order valence-electron chi connectivity index (χ2n) is 13.0. The zero-order chi connectivity index (χ0) is 32.4. The second kappa shape index (κ2) is 13.7. The van der Waals surface area contributed by atoms with Crippen molar-refractivity contribution in [3.05, 3.63) is 77.6 Å². The number of para-hydroxylation sites is 1. The van der Waals surface area contributed by atoms with Crippen LogP contribution in [0.15, 0.2) is 60.7 Å². The second-order valence-corrected chi connectivity index (χ2v) is 13.0. The quantitative estimate of drug-likeness (QED) is 0.161. The van der Waals surface area contributed by atoms with Crippen molar-refractivity contribution in [1.82, 2.24) is 14.7 Å². The average molecular weight is 639 g/mol. The highest BCUT2D eigenvalue weighted by molar-refractivity contribution is 5.95. The number of carbonyl (C=O) groups is 1. The molecule has 9 heteroatoms. The van der Waals surface area contributed by atoms with Crippen LogP contribution in [0.25, 0.3) is 21.9 Å². The lowest BCUT2D eigenvalue weighted by Crippen LogP contribution is -2.54. The molecule has 248 valence electrons. The molecule has 4 heterocycles. The van der Waals surface area contributed by atoms with E-state index < -0.39 is 5.54 Å². The van der Waals surface area contributed by atoms with Crippen LogP contribution in [0.3, 0.4) is 0 Å². The maximum Gasteiger partial charge on any atom is 0.332 e. The third-order valence-corrected chi connectivity index (χ3v) is 10.2. The summed E-state index contributed by atoms with van der Waals surface area (Å²) in [4.78, 5) is 18.9. The van der Waals surface area contributed by atoms with Crippen molar-refractivity contribution >= 4 is 22.4 Å². The van der Waals surface area contributed by atoms with Crippen LogP contribution in [0.2, 0.25) is 0 Å². The van der Waals surface area contributed by atoms with Gasteiger partial charge in [0.1, 0.15) is 11.3 Å². The zero-order valence-corrected chi connectivity index (χ0v) is 27.9. The van der Waals surface area contributed by atoms with Gasteiger partial charge in [0.05, 0.1) is 44.4 Å². The normalized spacial score (nSPS) is 21.3. The third-order valence-electron chi connectivity index (χ3n) is 10.2. The number of anilines is 1. The number of ether oxygens (including phenoxy) is 4. The number of esters is 1. The molecule has 3 aliphatic heterocycles. The number of rotatable bonds is 9. The summed E-state index contributed by atoms with van der Waals surface area (Å²) in [5, 5.41) is 7.34. The number of morpholine rings is 1. The molecule has 0 amide bonds. The van der Waals surface area contributed by atoms with E-state index in [1.807, 2.05) is 42.9 Å². The molecule has 7 rings (SSSR count). The minimum Gasteiger partial charge on any atom is -0.493 e. The Morgan fingerprint density at radius 2 is 1.81 bits per heavy atom. The minimum absolute atomic E-state index is 0.0721. The molecule has 1 fully saturated rings. The number of hydrogen-bond acceptors (Lipinski definition) is 8. The van der Waals surface area contributed by atoms with Crippen molar-refractivity contribution in [1.29, 1.82) is 0 Å². The smallest absolute Gasteiger partial charge is 0.332 e. The van der Waals surface area contributed by atoms with Gasteiger partial charge in [0.15, 0.2) is 0 Å². The van der Waals surface area contributed by atoms with Crippen molar-refractivity contribution < 1.29 is 23.7 Å². The molecular weight excluding hydrogens is 592 g/mol. The van der Waals surface area contributed by atoms with Crippen molar-refractivity contribution in [3.63, 3.8) is 0 Å². The number of nitrogens with zero attached hydrogens (tertiary/aromatic N) is 4. The monoisotopic (exact) mass is 638 g/mol. The molecule has 9 nitrogen and oxygen atoms in total. The van der Waals surface area contributed by atoms with Crippen LogP contribution in [0.5, 0.6) is 5.75 Å². The molecule has 0 bridgehead atoms. The molecule has 0 spiro atoms. The third kappa shape index (κ3) is 5.90. The number of aromatic nitrogens is 2. The summed E-state index contributed by atoms with van der Waals surface area (Å²) in [5.41, 5.74) is 5.78. The van der Waals surface area contributed by atoms with E-state index >= 15 is 0 Å². The lowest BCUT2D eigenvalue weighted by Gasteiger charge is -2.39. The van der Waals surface area contributed by atoms with Crippen LogP contribution in [-0.2, 0) is 39.2 Å². The Bertz CT molecular complexity index is 1730. The predicted molar refractivity (Wildman–Crippen MR) is 183 cm³/mol. The van der Waals surface area contributed by atoms with Crippen LogP contribution < -0.4 is 9.64 Å². The van der Waals surface area contributed by atoms with E-state index in [1.54, 1.807) is 0 Å². The largest absolute Gasteiger partial charge is 0.493 e. The van der Waals surface area contributed by atoms with Gasteiger partial charge in [-0.3, -0.25) is 9.58 Å². The van der Waals surface area contributed by atoms with Gasteiger partial charge in [-0.25, -0.2) is 4.79 Å². The molecule has 3 aromatic carbocycles. The summed E-state index contributed by atoms with van der Waals surface area (Å²) in [6.45, 7) is 10.6. The molecule has 4 aromatic rings. The van der Waals surface area contributed by atoms with Crippen LogP contribution in [0.1, 0.15) is 56.0 Å². The maximum atomic E-state index is 14.1. The van der Waals surface area contributed by atoms with Gasteiger partial charge in [0.25, 0.3) is 0 Å². The SMILES string of the molecule is CCOC(=O)C1(C)C(CCCOc2cccc3ccccc23)c2cccc3c2N1CCCOCc1c-3c(CN2CCOCC2)nn1C. The summed E-state index contributed by atoms with van der Waals surface area (Å²) in [5.74, 6) is 0.638. The summed E-state index contributed by atoms with van der Waals surface area (Å²) < 4.78 is 26.1. The van der Waals surface area contributed by atoms with Gasteiger partial charge >= 0.3 is 5.97 Å². The lowest BCUT2D eigenvalue weighted by molar-refractivity contribution is -0.149. The van der Waals surface area contributed by atoms with Gasteiger partial charge < -0.3 is 23.8 Å². The Balaban J connectivity index is 1.26. The van der Waals surface area contributed by atoms with Crippen molar-refractivity contribution in [2.24, 2.45) is 7.05 Å². The van der Waals surface area contributed by atoms with Crippen molar-refractivity contribution in [2.75, 3.05) is 57.6 Å². The van der Waals surface area contributed by atoms with Crippen LogP contribution >= 0.6 is 0 Å². The van der Waals surface area contributed by atoms with Gasteiger partial charge in [-0.05, 0) is 50.1 Å².